The first-order valence-electron chi connectivity index (χ1n) is 14.0. The molecule has 200 valence electrons. The van der Waals surface area contributed by atoms with Crippen LogP contribution in [0.15, 0.2) is 53.1 Å². The normalized spacial score (nSPS) is 21.1. The van der Waals surface area contributed by atoms with Crippen LogP contribution < -0.4 is 10.6 Å². The van der Waals surface area contributed by atoms with Crippen LogP contribution >= 0.6 is 0 Å². The molecule has 0 radical (unpaired) electrons. The molecule has 3 aliphatic rings. The standard InChI is InChI=1S/C30H32N6O3/c37-27(14-18-8-9-18)36-13-3-7-25(36)29(38)33-21-5-1-4-20(15-21)30-32-17-26(39-30)19-10-11-22-24(16-19)35-28(34-22)23-6-2-12-31-23/h1,4-5,10-11,15-18,23,25,31H,2-3,6-9,12-14H2,(H,33,38)(H,34,35)/t23-,25-/m0/s1. The summed E-state index contributed by atoms with van der Waals surface area (Å²) in [7, 11) is 0. The highest BCUT2D eigenvalue weighted by atomic mass is 16.4. The third-order valence-electron chi connectivity index (χ3n) is 8.09. The van der Waals surface area contributed by atoms with Crippen LogP contribution in [0.25, 0.3) is 33.8 Å². The zero-order chi connectivity index (χ0) is 26.3. The number of rotatable bonds is 7. The molecule has 2 amide bonds. The van der Waals surface area contributed by atoms with Gasteiger partial charge in [0.1, 0.15) is 11.9 Å². The number of aromatic nitrogens is 3. The second-order valence-electron chi connectivity index (χ2n) is 11.0. The molecule has 4 aromatic rings. The van der Waals surface area contributed by atoms with E-state index in [1.165, 1.54) is 0 Å². The minimum absolute atomic E-state index is 0.107. The molecule has 2 aromatic carbocycles. The Labute approximate surface area is 226 Å². The van der Waals surface area contributed by atoms with E-state index in [4.69, 9.17) is 9.40 Å². The molecule has 0 unspecified atom stereocenters. The van der Waals surface area contributed by atoms with Crippen molar-refractivity contribution in [1.29, 1.82) is 0 Å². The van der Waals surface area contributed by atoms with Gasteiger partial charge in [-0.2, -0.15) is 0 Å². The van der Waals surface area contributed by atoms with Crippen LogP contribution in [-0.4, -0.2) is 50.8 Å². The van der Waals surface area contributed by atoms with Crippen LogP contribution in [0, 0.1) is 5.92 Å². The van der Waals surface area contributed by atoms with E-state index in [1.54, 1.807) is 11.1 Å². The number of anilines is 1. The molecule has 0 spiro atoms. The van der Waals surface area contributed by atoms with Crippen molar-refractivity contribution in [2.24, 2.45) is 5.92 Å². The van der Waals surface area contributed by atoms with E-state index in [1.807, 2.05) is 42.5 Å². The van der Waals surface area contributed by atoms with Crippen molar-refractivity contribution in [2.45, 2.75) is 57.0 Å². The van der Waals surface area contributed by atoms with Gasteiger partial charge in [-0.1, -0.05) is 6.07 Å². The molecule has 9 nitrogen and oxygen atoms in total. The first-order chi connectivity index (χ1) is 19.1. The molecule has 4 heterocycles. The number of nitrogens with zero attached hydrogens (tertiary/aromatic N) is 3. The number of benzene rings is 2. The molecule has 39 heavy (non-hydrogen) atoms. The van der Waals surface area contributed by atoms with Gasteiger partial charge in [0.2, 0.25) is 17.7 Å². The lowest BCUT2D eigenvalue weighted by Gasteiger charge is -2.24. The maximum absolute atomic E-state index is 13.1. The number of carbonyl (C=O) groups excluding carboxylic acids is 2. The van der Waals surface area contributed by atoms with E-state index >= 15 is 0 Å². The molecule has 3 N–H and O–H groups in total. The molecule has 7 rings (SSSR count). The van der Waals surface area contributed by atoms with Gasteiger partial charge in [0, 0.05) is 29.8 Å². The van der Waals surface area contributed by atoms with E-state index in [9.17, 15) is 9.59 Å². The topological polar surface area (TPSA) is 116 Å². The summed E-state index contributed by atoms with van der Waals surface area (Å²) in [6, 6.07) is 13.4. The lowest BCUT2D eigenvalue weighted by Crippen LogP contribution is -2.43. The number of hydrogen-bond donors (Lipinski definition) is 3. The number of likely N-dealkylation sites (tertiary alicyclic amines) is 1. The number of fused-ring (bicyclic) bond motifs is 1. The van der Waals surface area contributed by atoms with Gasteiger partial charge >= 0.3 is 0 Å². The van der Waals surface area contributed by atoms with Gasteiger partial charge in [-0.15, -0.1) is 0 Å². The quantitative estimate of drug-likeness (QED) is 0.312. The third kappa shape index (κ3) is 4.94. The highest BCUT2D eigenvalue weighted by Crippen LogP contribution is 2.34. The summed E-state index contributed by atoms with van der Waals surface area (Å²) in [5.74, 6) is 2.59. The van der Waals surface area contributed by atoms with Crippen molar-refractivity contribution in [1.82, 2.24) is 25.2 Å². The average Bonchev–Trinajstić information content (AvgIpc) is 3.48. The summed E-state index contributed by atoms with van der Waals surface area (Å²) in [4.78, 5) is 40.3. The maximum atomic E-state index is 13.1. The van der Waals surface area contributed by atoms with Gasteiger partial charge < -0.3 is 24.9 Å². The largest absolute Gasteiger partial charge is 0.436 e. The van der Waals surface area contributed by atoms with E-state index in [-0.39, 0.29) is 17.9 Å². The lowest BCUT2D eigenvalue weighted by molar-refractivity contribution is -0.136. The van der Waals surface area contributed by atoms with Gasteiger partial charge in [0.05, 0.1) is 23.3 Å². The number of oxazole rings is 1. The van der Waals surface area contributed by atoms with Crippen molar-refractivity contribution < 1.29 is 14.0 Å². The number of H-pyrrole nitrogens is 1. The second-order valence-corrected chi connectivity index (χ2v) is 11.0. The Morgan fingerprint density at radius 3 is 2.82 bits per heavy atom. The predicted octanol–water partition coefficient (Wildman–Crippen LogP) is 5.04. The Kier molecular flexibility index (Phi) is 6.15. The van der Waals surface area contributed by atoms with E-state index in [0.717, 1.165) is 66.6 Å². The van der Waals surface area contributed by atoms with Crippen molar-refractivity contribution in [3.63, 3.8) is 0 Å². The number of amides is 2. The van der Waals surface area contributed by atoms with Gasteiger partial charge in [-0.05, 0) is 87.4 Å². The van der Waals surface area contributed by atoms with Crippen LogP contribution in [0.2, 0.25) is 0 Å². The fourth-order valence-electron chi connectivity index (χ4n) is 5.79. The zero-order valence-corrected chi connectivity index (χ0v) is 21.8. The minimum Gasteiger partial charge on any atom is -0.436 e. The summed E-state index contributed by atoms with van der Waals surface area (Å²) in [6.45, 7) is 1.68. The van der Waals surface area contributed by atoms with Crippen molar-refractivity contribution in [3.05, 3.63) is 54.5 Å². The number of hydrogen-bond acceptors (Lipinski definition) is 6. The Morgan fingerprint density at radius 2 is 1.97 bits per heavy atom. The first kappa shape index (κ1) is 24.1. The van der Waals surface area contributed by atoms with Gasteiger partial charge in [0.25, 0.3) is 0 Å². The summed E-state index contributed by atoms with van der Waals surface area (Å²) in [5.41, 5.74) is 4.24. The van der Waals surface area contributed by atoms with Crippen LogP contribution in [0.4, 0.5) is 5.69 Å². The van der Waals surface area contributed by atoms with Gasteiger partial charge in [0.15, 0.2) is 5.76 Å². The highest BCUT2D eigenvalue weighted by molar-refractivity contribution is 5.98. The Balaban J connectivity index is 1.06. The first-order valence-corrected chi connectivity index (χ1v) is 14.0. The second kappa shape index (κ2) is 9.96. The van der Waals surface area contributed by atoms with Crippen LogP contribution in [-0.2, 0) is 9.59 Å². The maximum Gasteiger partial charge on any atom is 0.247 e. The smallest absolute Gasteiger partial charge is 0.247 e. The Morgan fingerprint density at radius 1 is 1.05 bits per heavy atom. The number of nitrogens with one attached hydrogen (secondary N) is 3. The number of carbonyl (C=O) groups is 2. The minimum atomic E-state index is -0.407. The molecule has 1 saturated carbocycles. The fourth-order valence-corrected chi connectivity index (χ4v) is 5.79. The number of imidazole rings is 1. The predicted molar refractivity (Wildman–Crippen MR) is 148 cm³/mol. The van der Waals surface area contributed by atoms with Crippen molar-refractivity contribution in [2.75, 3.05) is 18.4 Å². The molecule has 3 fully saturated rings. The Hall–Kier alpha value is -3.98. The SMILES string of the molecule is O=C(Nc1cccc(-c2ncc(-c3ccc4nc([C@@H]5CCCN5)[nH]c4c3)o2)c1)[C@@H]1CCCN1C(=O)CC1CC1. The summed E-state index contributed by atoms with van der Waals surface area (Å²) in [6.07, 6.45) is 8.36. The number of aromatic amines is 1. The van der Waals surface area contributed by atoms with Crippen LogP contribution in [0.1, 0.15) is 56.8 Å². The molecule has 1 aliphatic carbocycles. The average molecular weight is 525 g/mol. The Bertz CT molecular complexity index is 1530. The van der Waals surface area contributed by atoms with E-state index in [0.29, 0.717) is 42.6 Å². The fraction of sp³-hybridized carbons (Fsp3) is 0.400. The molecule has 9 heteroatoms. The van der Waals surface area contributed by atoms with E-state index < -0.39 is 6.04 Å². The van der Waals surface area contributed by atoms with Gasteiger partial charge in [-0.25, -0.2) is 9.97 Å². The highest BCUT2D eigenvalue weighted by Gasteiger charge is 2.36. The van der Waals surface area contributed by atoms with E-state index in [2.05, 4.69) is 20.6 Å². The molecule has 0 bridgehead atoms. The summed E-state index contributed by atoms with van der Waals surface area (Å²) < 4.78 is 6.14. The molecule has 2 aromatic heterocycles. The van der Waals surface area contributed by atoms with Crippen molar-refractivity contribution in [3.8, 4) is 22.8 Å². The monoisotopic (exact) mass is 524 g/mol. The molecule has 2 aliphatic heterocycles. The van der Waals surface area contributed by atoms with Gasteiger partial charge in [-0.3, -0.25) is 9.59 Å². The zero-order valence-electron chi connectivity index (χ0n) is 21.8. The van der Waals surface area contributed by atoms with Crippen LogP contribution in [0.5, 0.6) is 0 Å². The third-order valence-corrected chi connectivity index (χ3v) is 8.09. The summed E-state index contributed by atoms with van der Waals surface area (Å²) in [5, 5.41) is 6.50. The lowest BCUT2D eigenvalue weighted by atomic mass is 10.1. The van der Waals surface area contributed by atoms with Crippen molar-refractivity contribution >= 4 is 28.5 Å². The molecule has 2 saturated heterocycles. The molecule has 2 atom stereocenters. The molecular formula is C30H32N6O3. The molecular weight excluding hydrogens is 492 g/mol. The van der Waals surface area contributed by atoms with Crippen LogP contribution in [0.3, 0.4) is 0 Å². The summed E-state index contributed by atoms with van der Waals surface area (Å²) >= 11 is 0.